The summed E-state index contributed by atoms with van der Waals surface area (Å²) in [6.45, 7) is 3.88. The molecule has 2 N–H and O–H groups in total. The van der Waals surface area contributed by atoms with Gasteiger partial charge in [0.2, 0.25) is 0 Å². The molecule has 0 saturated heterocycles. The lowest BCUT2D eigenvalue weighted by molar-refractivity contribution is 0.241. The van der Waals surface area contributed by atoms with Crippen LogP contribution < -0.4 is 10.2 Å². The Labute approximate surface area is 118 Å². The molecule has 0 radical (unpaired) electrons. The van der Waals surface area contributed by atoms with Gasteiger partial charge in [-0.15, -0.1) is 0 Å². The summed E-state index contributed by atoms with van der Waals surface area (Å²) in [6, 6.07) is 14.8. The first-order valence-corrected chi connectivity index (χ1v) is 6.49. The van der Waals surface area contributed by atoms with Crippen LogP contribution in [0.15, 0.2) is 53.6 Å². The van der Waals surface area contributed by atoms with E-state index in [0.717, 1.165) is 5.69 Å². The second-order valence-corrected chi connectivity index (χ2v) is 4.62. The van der Waals surface area contributed by atoms with Crippen LogP contribution in [0.5, 0.6) is 11.5 Å². The molecule has 0 aliphatic heterocycles. The molecule has 4 heteroatoms. The number of aromatic hydroxyl groups is 1. The van der Waals surface area contributed by atoms with Gasteiger partial charge in [0.25, 0.3) is 0 Å². The summed E-state index contributed by atoms with van der Waals surface area (Å²) >= 11 is 0. The molecule has 0 bridgehead atoms. The van der Waals surface area contributed by atoms with Gasteiger partial charge in [0, 0.05) is 11.6 Å². The van der Waals surface area contributed by atoms with Gasteiger partial charge in [-0.2, -0.15) is 5.10 Å². The summed E-state index contributed by atoms with van der Waals surface area (Å²) in [5.41, 5.74) is 4.42. The minimum Gasteiger partial charge on any atom is -0.507 e. The lowest BCUT2D eigenvalue weighted by Gasteiger charge is -2.10. The van der Waals surface area contributed by atoms with Gasteiger partial charge in [0.05, 0.1) is 18.0 Å². The Morgan fingerprint density at radius 1 is 1.15 bits per heavy atom. The van der Waals surface area contributed by atoms with Crippen molar-refractivity contribution >= 4 is 11.9 Å². The van der Waals surface area contributed by atoms with Crippen molar-refractivity contribution in [1.82, 2.24) is 0 Å². The molecule has 2 rings (SSSR count). The Morgan fingerprint density at radius 3 is 2.55 bits per heavy atom. The predicted molar refractivity (Wildman–Crippen MR) is 81.5 cm³/mol. The molecular formula is C16H18N2O2. The Hall–Kier alpha value is -2.49. The molecule has 0 atom stereocenters. The summed E-state index contributed by atoms with van der Waals surface area (Å²) in [5.74, 6) is 0.785. The molecule has 2 aromatic carbocycles. The van der Waals surface area contributed by atoms with Gasteiger partial charge in [-0.3, -0.25) is 5.43 Å². The minimum absolute atomic E-state index is 0.0775. The Morgan fingerprint density at radius 2 is 1.90 bits per heavy atom. The molecule has 0 spiro atoms. The molecule has 0 amide bonds. The van der Waals surface area contributed by atoms with E-state index in [1.165, 1.54) is 0 Å². The number of para-hydroxylation sites is 1. The van der Waals surface area contributed by atoms with Gasteiger partial charge in [-0.25, -0.2) is 0 Å². The molecule has 4 nitrogen and oxygen atoms in total. The standard InChI is InChI=1S/C16H18N2O2/c1-12(2)20-15-9-8-13(16(19)10-15)11-17-18-14-6-4-3-5-7-14/h3-12,18-19H,1-2H3/b17-11-. The number of phenols is 1. The van der Waals surface area contributed by atoms with Gasteiger partial charge in [-0.1, -0.05) is 18.2 Å². The first-order chi connectivity index (χ1) is 9.65. The number of hydrazone groups is 1. The second-order valence-electron chi connectivity index (χ2n) is 4.62. The van der Waals surface area contributed by atoms with Gasteiger partial charge >= 0.3 is 0 Å². The van der Waals surface area contributed by atoms with Crippen LogP contribution in [0.1, 0.15) is 19.4 Å². The van der Waals surface area contributed by atoms with E-state index in [-0.39, 0.29) is 11.9 Å². The Bertz CT molecular complexity index is 580. The van der Waals surface area contributed by atoms with Gasteiger partial charge in [-0.05, 0) is 38.1 Å². The average Bonchev–Trinajstić information content (AvgIpc) is 2.42. The number of benzene rings is 2. The molecule has 0 fully saturated rings. The zero-order valence-corrected chi connectivity index (χ0v) is 11.6. The second kappa shape index (κ2) is 6.61. The number of phenolic OH excluding ortho intramolecular Hbond substituents is 1. The van der Waals surface area contributed by atoms with E-state index >= 15 is 0 Å². The summed E-state index contributed by atoms with van der Waals surface area (Å²) in [7, 11) is 0. The third-order valence-electron chi connectivity index (χ3n) is 2.54. The molecule has 0 heterocycles. The van der Waals surface area contributed by atoms with Crippen molar-refractivity contribution in [2.75, 3.05) is 5.43 Å². The third kappa shape index (κ3) is 4.02. The lowest BCUT2D eigenvalue weighted by atomic mass is 10.2. The van der Waals surface area contributed by atoms with E-state index < -0.39 is 0 Å². The third-order valence-corrected chi connectivity index (χ3v) is 2.54. The zero-order valence-electron chi connectivity index (χ0n) is 11.6. The first kappa shape index (κ1) is 13.9. The van der Waals surface area contributed by atoms with Gasteiger partial charge in [0.15, 0.2) is 0 Å². The normalized spacial score (nSPS) is 10.9. The minimum atomic E-state index is 0.0775. The number of hydrogen-bond donors (Lipinski definition) is 2. The average molecular weight is 270 g/mol. The number of nitrogens with one attached hydrogen (secondary N) is 1. The quantitative estimate of drug-likeness (QED) is 0.644. The van der Waals surface area contributed by atoms with Crippen molar-refractivity contribution in [3.63, 3.8) is 0 Å². The summed E-state index contributed by atoms with van der Waals surface area (Å²) < 4.78 is 5.50. The highest BCUT2D eigenvalue weighted by atomic mass is 16.5. The van der Waals surface area contributed by atoms with Crippen LogP contribution in [0.3, 0.4) is 0 Å². The van der Waals surface area contributed by atoms with Crippen LogP contribution in [0.2, 0.25) is 0 Å². The fraction of sp³-hybridized carbons (Fsp3) is 0.188. The van der Waals surface area contributed by atoms with Crippen LogP contribution in [-0.4, -0.2) is 17.4 Å². The van der Waals surface area contributed by atoms with E-state index in [1.807, 2.05) is 50.2 Å². The van der Waals surface area contributed by atoms with Crippen LogP contribution in [0, 0.1) is 0 Å². The Kier molecular flexibility index (Phi) is 4.60. The monoisotopic (exact) mass is 270 g/mol. The maximum atomic E-state index is 9.90. The fourth-order valence-electron chi connectivity index (χ4n) is 1.67. The molecule has 0 aliphatic rings. The summed E-state index contributed by atoms with van der Waals surface area (Å²) in [5, 5.41) is 14.0. The van der Waals surface area contributed by atoms with Gasteiger partial charge in [0.1, 0.15) is 11.5 Å². The summed E-state index contributed by atoms with van der Waals surface area (Å²) in [4.78, 5) is 0. The molecular weight excluding hydrogens is 252 g/mol. The van der Waals surface area contributed by atoms with Crippen molar-refractivity contribution in [3.8, 4) is 11.5 Å². The highest BCUT2D eigenvalue weighted by molar-refractivity contribution is 5.84. The first-order valence-electron chi connectivity index (χ1n) is 6.49. The van der Waals surface area contributed by atoms with Crippen molar-refractivity contribution in [2.24, 2.45) is 5.10 Å². The summed E-state index contributed by atoms with van der Waals surface area (Å²) in [6.07, 6.45) is 1.65. The van der Waals surface area contributed by atoms with Crippen LogP contribution in [-0.2, 0) is 0 Å². The molecule has 0 aliphatic carbocycles. The largest absolute Gasteiger partial charge is 0.507 e. The molecule has 104 valence electrons. The highest BCUT2D eigenvalue weighted by Crippen LogP contribution is 2.23. The van der Waals surface area contributed by atoms with Crippen molar-refractivity contribution in [3.05, 3.63) is 54.1 Å². The lowest BCUT2D eigenvalue weighted by Crippen LogP contribution is -2.05. The predicted octanol–water partition coefficient (Wildman–Crippen LogP) is 3.63. The smallest absolute Gasteiger partial charge is 0.128 e. The zero-order chi connectivity index (χ0) is 14.4. The molecule has 2 aromatic rings. The molecule has 0 saturated carbocycles. The van der Waals surface area contributed by atoms with E-state index in [2.05, 4.69) is 10.5 Å². The van der Waals surface area contributed by atoms with Crippen molar-refractivity contribution < 1.29 is 9.84 Å². The number of ether oxygens (including phenoxy) is 1. The SMILES string of the molecule is CC(C)Oc1ccc(/C=N\Nc2ccccc2)c(O)c1. The number of rotatable bonds is 5. The molecule has 0 unspecified atom stereocenters. The topological polar surface area (TPSA) is 53.8 Å². The van der Waals surface area contributed by atoms with Crippen molar-refractivity contribution in [1.29, 1.82) is 0 Å². The molecule has 20 heavy (non-hydrogen) atoms. The van der Waals surface area contributed by atoms with Gasteiger partial charge < -0.3 is 9.84 Å². The highest BCUT2D eigenvalue weighted by Gasteiger charge is 2.03. The number of nitrogens with zero attached hydrogens (tertiary/aromatic N) is 1. The maximum Gasteiger partial charge on any atom is 0.128 e. The maximum absolute atomic E-state index is 9.90. The van der Waals surface area contributed by atoms with Crippen molar-refractivity contribution in [2.45, 2.75) is 20.0 Å². The molecule has 0 aromatic heterocycles. The van der Waals surface area contributed by atoms with Crippen LogP contribution in [0.4, 0.5) is 5.69 Å². The van der Waals surface area contributed by atoms with E-state index in [1.54, 1.807) is 18.3 Å². The Balaban J connectivity index is 2.02. The van der Waals surface area contributed by atoms with E-state index in [9.17, 15) is 5.11 Å². The number of hydrogen-bond acceptors (Lipinski definition) is 4. The van der Waals surface area contributed by atoms with E-state index in [4.69, 9.17) is 4.74 Å². The van der Waals surface area contributed by atoms with Crippen LogP contribution in [0.25, 0.3) is 0 Å². The number of anilines is 1. The fourth-order valence-corrected chi connectivity index (χ4v) is 1.67. The van der Waals surface area contributed by atoms with Crippen LogP contribution >= 0.6 is 0 Å². The van der Waals surface area contributed by atoms with E-state index in [0.29, 0.717) is 11.3 Å².